The Morgan fingerprint density at radius 2 is 2.30 bits per heavy atom. The summed E-state index contributed by atoms with van der Waals surface area (Å²) in [4.78, 5) is 15.2. The molecule has 1 atom stereocenters. The standard InChI is InChI=1S/C14H15BrN2OS2/c1-17(8-5-6-19-7-8)14(18)13-12(16)11-9(15)3-2-4-10(11)20-13/h2-4,8H,5-7,16H2,1H3. The largest absolute Gasteiger partial charge is 0.397 e. The number of halogens is 1. The van der Waals surface area contributed by atoms with Crippen LogP contribution < -0.4 is 5.73 Å². The first-order chi connectivity index (χ1) is 9.59. The number of fused-ring (bicyclic) bond motifs is 1. The highest BCUT2D eigenvalue weighted by Gasteiger charge is 2.27. The Labute approximate surface area is 134 Å². The van der Waals surface area contributed by atoms with Gasteiger partial charge in [-0.2, -0.15) is 11.8 Å². The van der Waals surface area contributed by atoms with Gasteiger partial charge in [-0.25, -0.2) is 0 Å². The summed E-state index contributed by atoms with van der Waals surface area (Å²) >= 11 is 6.90. The average Bonchev–Trinajstić information content (AvgIpc) is 3.06. The molecule has 0 aliphatic carbocycles. The van der Waals surface area contributed by atoms with Gasteiger partial charge in [0.1, 0.15) is 4.88 Å². The predicted molar refractivity (Wildman–Crippen MR) is 91.8 cm³/mol. The van der Waals surface area contributed by atoms with Crippen LogP contribution in [0.25, 0.3) is 10.1 Å². The fourth-order valence-corrected chi connectivity index (χ4v) is 5.55. The van der Waals surface area contributed by atoms with E-state index < -0.39 is 0 Å². The smallest absolute Gasteiger partial charge is 0.266 e. The van der Waals surface area contributed by atoms with Crippen LogP contribution in [0.4, 0.5) is 5.69 Å². The van der Waals surface area contributed by atoms with Crippen LogP contribution in [0.5, 0.6) is 0 Å². The number of rotatable bonds is 2. The molecule has 0 bridgehead atoms. The van der Waals surface area contributed by atoms with Crippen molar-refractivity contribution < 1.29 is 4.79 Å². The molecule has 2 heterocycles. The van der Waals surface area contributed by atoms with Gasteiger partial charge in [-0.1, -0.05) is 22.0 Å². The van der Waals surface area contributed by atoms with E-state index in [1.165, 1.54) is 11.3 Å². The third-order valence-electron chi connectivity index (χ3n) is 3.67. The summed E-state index contributed by atoms with van der Waals surface area (Å²) in [6, 6.07) is 6.26. The number of nitrogens with zero attached hydrogens (tertiary/aromatic N) is 1. The lowest BCUT2D eigenvalue weighted by molar-refractivity contribution is 0.0754. The van der Waals surface area contributed by atoms with Crippen molar-refractivity contribution in [3.05, 3.63) is 27.5 Å². The number of thioether (sulfide) groups is 1. The lowest BCUT2D eigenvalue weighted by atomic mass is 10.2. The number of carbonyl (C=O) groups excluding carboxylic acids is 1. The molecule has 1 aliphatic rings. The molecular formula is C14H15BrN2OS2. The maximum absolute atomic E-state index is 12.7. The molecule has 1 aromatic carbocycles. The number of carbonyl (C=O) groups is 1. The molecule has 3 nitrogen and oxygen atoms in total. The molecular weight excluding hydrogens is 356 g/mol. The summed E-state index contributed by atoms with van der Waals surface area (Å²) < 4.78 is 2.00. The molecule has 106 valence electrons. The van der Waals surface area contributed by atoms with Crippen molar-refractivity contribution in [1.29, 1.82) is 0 Å². The van der Waals surface area contributed by atoms with Crippen LogP contribution in [-0.4, -0.2) is 35.4 Å². The highest BCUT2D eigenvalue weighted by Crippen LogP contribution is 2.39. The van der Waals surface area contributed by atoms with Crippen molar-refractivity contribution in [2.75, 3.05) is 24.3 Å². The minimum absolute atomic E-state index is 0.0445. The highest BCUT2D eigenvalue weighted by atomic mass is 79.9. The Bertz CT molecular complexity index is 664. The van der Waals surface area contributed by atoms with Crippen LogP contribution in [0.2, 0.25) is 0 Å². The van der Waals surface area contributed by atoms with Gasteiger partial charge in [-0.05, 0) is 24.3 Å². The molecule has 20 heavy (non-hydrogen) atoms. The van der Waals surface area contributed by atoms with Gasteiger partial charge in [0.2, 0.25) is 0 Å². The van der Waals surface area contributed by atoms with Crippen molar-refractivity contribution in [1.82, 2.24) is 4.90 Å². The summed E-state index contributed by atoms with van der Waals surface area (Å²) in [5, 5.41) is 0.954. The lowest BCUT2D eigenvalue weighted by Crippen LogP contribution is -2.36. The van der Waals surface area contributed by atoms with Gasteiger partial charge in [0, 0.05) is 33.4 Å². The quantitative estimate of drug-likeness (QED) is 0.873. The van der Waals surface area contributed by atoms with Crippen LogP contribution in [0.3, 0.4) is 0 Å². The number of nitrogens with two attached hydrogens (primary N) is 1. The number of hydrogen-bond acceptors (Lipinski definition) is 4. The Kier molecular flexibility index (Phi) is 3.97. The van der Waals surface area contributed by atoms with Crippen molar-refractivity contribution >= 4 is 60.7 Å². The maximum atomic E-state index is 12.7. The number of hydrogen-bond donors (Lipinski definition) is 1. The second-order valence-electron chi connectivity index (χ2n) is 4.89. The second-order valence-corrected chi connectivity index (χ2v) is 7.95. The topological polar surface area (TPSA) is 46.3 Å². The highest BCUT2D eigenvalue weighted by molar-refractivity contribution is 9.10. The van der Waals surface area contributed by atoms with Gasteiger partial charge >= 0.3 is 0 Å². The first-order valence-electron chi connectivity index (χ1n) is 6.41. The van der Waals surface area contributed by atoms with E-state index in [-0.39, 0.29) is 5.91 Å². The summed E-state index contributed by atoms with van der Waals surface area (Å²) in [7, 11) is 1.89. The van der Waals surface area contributed by atoms with E-state index in [1.807, 2.05) is 41.9 Å². The molecule has 1 aromatic heterocycles. The van der Waals surface area contributed by atoms with Crippen LogP contribution in [-0.2, 0) is 0 Å². The summed E-state index contributed by atoms with van der Waals surface area (Å²) in [5.41, 5.74) is 6.80. The van der Waals surface area contributed by atoms with Crippen LogP contribution in [0.1, 0.15) is 16.1 Å². The van der Waals surface area contributed by atoms with Gasteiger partial charge in [-0.3, -0.25) is 4.79 Å². The van der Waals surface area contributed by atoms with E-state index in [0.29, 0.717) is 16.6 Å². The maximum Gasteiger partial charge on any atom is 0.266 e. The first-order valence-corrected chi connectivity index (χ1v) is 9.17. The van der Waals surface area contributed by atoms with Crippen molar-refractivity contribution in [2.45, 2.75) is 12.5 Å². The van der Waals surface area contributed by atoms with Crippen LogP contribution >= 0.6 is 39.0 Å². The molecule has 0 spiro atoms. The van der Waals surface area contributed by atoms with Crippen LogP contribution in [0.15, 0.2) is 22.7 Å². The third kappa shape index (κ3) is 2.34. The molecule has 2 N–H and O–H groups in total. The second kappa shape index (κ2) is 5.58. The van der Waals surface area contributed by atoms with Gasteiger partial charge in [-0.15, -0.1) is 11.3 Å². The van der Waals surface area contributed by atoms with E-state index in [1.54, 1.807) is 0 Å². The normalized spacial score (nSPS) is 18.6. The lowest BCUT2D eigenvalue weighted by Gasteiger charge is -2.23. The van der Waals surface area contributed by atoms with Gasteiger partial charge in [0.15, 0.2) is 0 Å². The Morgan fingerprint density at radius 1 is 1.50 bits per heavy atom. The molecule has 0 saturated carbocycles. The Hall–Kier alpha value is -0.720. The van der Waals surface area contributed by atoms with Crippen molar-refractivity contribution in [3.8, 4) is 0 Å². The molecule has 1 aliphatic heterocycles. The van der Waals surface area contributed by atoms with Gasteiger partial charge in [0.25, 0.3) is 5.91 Å². The predicted octanol–water partition coefficient (Wildman–Crippen LogP) is 3.82. The molecule has 6 heteroatoms. The SMILES string of the molecule is CN(C(=O)c1sc2cccc(Br)c2c1N)C1CCSC1. The molecule has 1 saturated heterocycles. The summed E-state index contributed by atoms with van der Waals surface area (Å²) in [6.07, 6.45) is 1.07. The monoisotopic (exact) mass is 370 g/mol. The molecule has 2 aromatic rings. The van der Waals surface area contributed by atoms with Crippen LogP contribution in [0, 0.1) is 0 Å². The van der Waals surface area contributed by atoms with E-state index in [9.17, 15) is 4.79 Å². The van der Waals surface area contributed by atoms with Gasteiger partial charge in [0.05, 0.1) is 5.69 Å². The number of amides is 1. The van der Waals surface area contributed by atoms with Crippen molar-refractivity contribution in [3.63, 3.8) is 0 Å². The van der Waals surface area contributed by atoms with E-state index in [0.717, 1.165) is 32.5 Å². The molecule has 1 amide bonds. The fourth-order valence-electron chi connectivity index (χ4n) is 2.44. The number of nitrogen functional groups attached to an aromatic ring is 1. The summed E-state index contributed by atoms with van der Waals surface area (Å²) in [5.74, 6) is 2.20. The fraction of sp³-hybridized carbons (Fsp3) is 0.357. The van der Waals surface area contributed by atoms with E-state index >= 15 is 0 Å². The molecule has 0 radical (unpaired) electrons. The molecule has 1 unspecified atom stereocenters. The Morgan fingerprint density at radius 3 is 2.95 bits per heavy atom. The number of thiophene rings is 1. The zero-order valence-electron chi connectivity index (χ0n) is 11.1. The molecule has 3 rings (SSSR count). The van der Waals surface area contributed by atoms with E-state index in [4.69, 9.17) is 5.73 Å². The molecule has 1 fully saturated rings. The number of anilines is 1. The van der Waals surface area contributed by atoms with Crippen molar-refractivity contribution in [2.24, 2.45) is 0 Å². The minimum Gasteiger partial charge on any atom is -0.397 e. The van der Waals surface area contributed by atoms with E-state index in [2.05, 4.69) is 15.9 Å². The number of benzene rings is 1. The zero-order chi connectivity index (χ0) is 14.3. The zero-order valence-corrected chi connectivity index (χ0v) is 14.3. The summed E-state index contributed by atoms with van der Waals surface area (Å²) in [6.45, 7) is 0. The first kappa shape index (κ1) is 14.2. The Balaban J connectivity index is 1.99. The van der Waals surface area contributed by atoms with Gasteiger partial charge < -0.3 is 10.6 Å². The third-order valence-corrected chi connectivity index (χ3v) is 6.63. The average molecular weight is 371 g/mol. The minimum atomic E-state index is 0.0445.